The number of hydrogen-bond donors (Lipinski definition) is 0. The molecule has 1 aromatic rings. The average Bonchev–Trinajstić information content (AvgIpc) is 2.01. The van der Waals surface area contributed by atoms with Crippen molar-refractivity contribution >= 4 is 33.2 Å². The maximum atomic E-state index is 12.4. The van der Waals surface area contributed by atoms with Crippen LogP contribution in [0, 0.1) is 10.1 Å². The van der Waals surface area contributed by atoms with Crippen LogP contribution in [-0.2, 0) is 0 Å². The lowest BCUT2D eigenvalue weighted by atomic mass is 10.2. The van der Waals surface area contributed by atoms with Crippen molar-refractivity contribution < 1.29 is 13.7 Å². The quantitative estimate of drug-likeness (QED) is 0.476. The Kier molecular flexibility index (Phi) is 3.33. The number of halogens is 4. The zero-order valence-electron chi connectivity index (χ0n) is 6.38. The summed E-state index contributed by atoms with van der Waals surface area (Å²) in [6.07, 6.45) is -2.98. The fraction of sp³-hybridized carbons (Fsp3) is 0.167. The zero-order valence-corrected chi connectivity index (χ0v) is 8.72. The van der Waals surface area contributed by atoms with Crippen molar-refractivity contribution in [3.05, 3.63) is 31.5 Å². The van der Waals surface area contributed by atoms with Crippen molar-refractivity contribution in [1.82, 2.24) is 4.98 Å². The summed E-state index contributed by atoms with van der Waals surface area (Å²) in [5, 5.41) is 10.2. The predicted molar refractivity (Wildman–Crippen MR) is 48.6 cm³/mol. The number of hydrogen-bond acceptors (Lipinski definition) is 3. The van der Waals surface area contributed by atoms with E-state index < -0.39 is 22.6 Å². The van der Waals surface area contributed by atoms with Crippen molar-refractivity contribution in [2.75, 3.05) is 0 Å². The Bertz CT molecular complexity index is 388. The molecule has 0 saturated heterocycles. The standard InChI is InChI=1S/C6H2BrClF2N2O2/c7-5-4(6(9)10)2(12(13)14)1-3(8)11-5/h1,6H. The van der Waals surface area contributed by atoms with Crippen molar-refractivity contribution in [1.29, 1.82) is 0 Å². The van der Waals surface area contributed by atoms with Gasteiger partial charge in [-0.3, -0.25) is 10.1 Å². The van der Waals surface area contributed by atoms with E-state index in [0.29, 0.717) is 0 Å². The van der Waals surface area contributed by atoms with Gasteiger partial charge >= 0.3 is 0 Å². The van der Waals surface area contributed by atoms with Crippen LogP contribution in [0.25, 0.3) is 0 Å². The molecular weight excluding hydrogens is 285 g/mol. The van der Waals surface area contributed by atoms with Crippen LogP contribution in [0.1, 0.15) is 12.0 Å². The molecule has 1 rings (SSSR count). The van der Waals surface area contributed by atoms with Gasteiger partial charge in [-0.15, -0.1) is 0 Å². The molecule has 0 aliphatic carbocycles. The molecule has 0 atom stereocenters. The van der Waals surface area contributed by atoms with Gasteiger partial charge in [0.05, 0.1) is 11.0 Å². The number of rotatable bonds is 2. The predicted octanol–water partition coefficient (Wildman–Crippen LogP) is 3.34. The highest BCUT2D eigenvalue weighted by Gasteiger charge is 2.26. The van der Waals surface area contributed by atoms with Crippen LogP contribution in [0.3, 0.4) is 0 Å². The lowest BCUT2D eigenvalue weighted by Gasteiger charge is -2.03. The molecule has 76 valence electrons. The van der Waals surface area contributed by atoms with Crippen LogP contribution in [0.5, 0.6) is 0 Å². The molecule has 0 N–H and O–H groups in total. The van der Waals surface area contributed by atoms with Crippen molar-refractivity contribution in [2.45, 2.75) is 6.43 Å². The van der Waals surface area contributed by atoms with E-state index >= 15 is 0 Å². The van der Waals surface area contributed by atoms with Gasteiger partial charge in [0.2, 0.25) is 0 Å². The number of nitro groups is 1. The lowest BCUT2D eigenvalue weighted by Crippen LogP contribution is -1.99. The van der Waals surface area contributed by atoms with Crippen LogP contribution in [0.2, 0.25) is 5.15 Å². The minimum Gasteiger partial charge on any atom is -0.258 e. The van der Waals surface area contributed by atoms with Crippen molar-refractivity contribution in [3.63, 3.8) is 0 Å². The summed E-state index contributed by atoms with van der Waals surface area (Å²) in [7, 11) is 0. The Balaban J connectivity index is 3.44. The lowest BCUT2D eigenvalue weighted by molar-refractivity contribution is -0.386. The molecule has 0 aliphatic heterocycles. The van der Waals surface area contributed by atoms with E-state index in [1.54, 1.807) is 0 Å². The fourth-order valence-electron chi connectivity index (χ4n) is 0.835. The van der Waals surface area contributed by atoms with Crippen molar-refractivity contribution in [2.24, 2.45) is 0 Å². The van der Waals surface area contributed by atoms with E-state index in [-0.39, 0.29) is 9.76 Å². The Morgan fingerprint density at radius 2 is 2.21 bits per heavy atom. The minimum atomic E-state index is -2.98. The van der Waals surface area contributed by atoms with Crippen LogP contribution in [-0.4, -0.2) is 9.91 Å². The first kappa shape index (κ1) is 11.3. The van der Waals surface area contributed by atoms with Crippen LogP contribution < -0.4 is 0 Å². The Morgan fingerprint density at radius 3 is 2.64 bits per heavy atom. The largest absolute Gasteiger partial charge is 0.284 e. The van der Waals surface area contributed by atoms with E-state index in [1.807, 2.05) is 0 Å². The van der Waals surface area contributed by atoms with Gasteiger partial charge in [-0.1, -0.05) is 11.6 Å². The van der Waals surface area contributed by atoms with Crippen molar-refractivity contribution in [3.8, 4) is 0 Å². The minimum absolute atomic E-state index is 0.215. The molecule has 0 bridgehead atoms. The first-order valence-electron chi connectivity index (χ1n) is 3.22. The normalized spacial score (nSPS) is 10.6. The summed E-state index contributed by atoms with van der Waals surface area (Å²) >= 11 is 8.07. The van der Waals surface area contributed by atoms with E-state index in [4.69, 9.17) is 11.6 Å². The van der Waals surface area contributed by atoms with Gasteiger partial charge < -0.3 is 0 Å². The van der Waals surface area contributed by atoms with E-state index in [2.05, 4.69) is 20.9 Å². The van der Waals surface area contributed by atoms with Gasteiger partial charge in [0.25, 0.3) is 12.1 Å². The molecule has 8 heteroatoms. The summed E-state index contributed by atoms with van der Waals surface area (Å²) in [5.74, 6) is 0. The topological polar surface area (TPSA) is 56.0 Å². The maximum absolute atomic E-state index is 12.4. The highest BCUT2D eigenvalue weighted by Crippen LogP contribution is 2.35. The van der Waals surface area contributed by atoms with Gasteiger partial charge in [0, 0.05) is 0 Å². The molecule has 4 nitrogen and oxygen atoms in total. The van der Waals surface area contributed by atoms with Gasteiger partial charge in [0.15, 0.2) is 0 Å². The fourth-order valence-corrected chi connectivity index (χ4v) is 1.69. The summed E-state index contributed by atoms with van der Waals surface area (Å²) in [6.45, 7) is 0. The maximum Gasteiger partial charge on any atom is 0.284 e. The third kappa shape index (κ3) is 2.16. The third-order valence-electron chi connectivity index (χ3n) is 1.37. The number of alkyl halides is 2. The molecule has 1 aromatic heterocycles. The number of pyridine rings is 1. The molecule has 1 heterocycles. The summed E-state index contributed by atoms with van der Waals surface area (Å²) in [6, 6.07) is 0.786. The Hall–Kier alpha value is -0.820. The zero-order chi connectivity index (χ0) is 10.9. The molecule has 0 unspecified atom stereocenters. The first-order valence-corrected chi connectivity index (χ1v) is 4.39. The Morgan fingerprint density at radius 1 is 1.64 bits per heavy atom. The smallest absolute Gasteiger partial charge is 0.258 e. The number of aromatic nitrogens is 1. The molecule has 0 spiro atoms. The molecular formula is C6H2BrClF2N2O2. The molecule has 0 saturated carbocycles. The monoisotopic (exact) mass is 286 g/mol. The summed E-state index contributed by atoms with van der Waals surface area (Å²) in [4.78, 5) is 12.9. The SMILES string of the molecule is O=[N+]([O-])c1cc(Cl)nc(Br)c1C(F)F. The second-order valence-electron chi connectivity index (χ2n) is 2.23. The van der Waals surface area contributed by atoms with Crippen LogP contribution in [0.4, 0.5) is 14.5 Å². The molecule has 0 radical (unpaired) electrons. The average molecular weight is 287 g/mol. The molecule has 14 heavy (non-hydrogen) atoms. The summed E-state index contributed by atoms with van der Waals surface area (Å²) < 4.78 is 24.4. The van der Waals surface area contributed by atoms with E-state index in [1.165, 1.54) is 0 Å². The van der Waals surface area contributed by atoms with E-state index in [9.17, 15) is 18.9 Å². The Labute approximate surface area is 90.2 Å². The van der Waals surface area contributed by atoms with Gasteiger partial charge in [0.1, 0.15) is 15.3 Å². The van der Waals surface area contributed by atoms with Crippen LogP contribution in [0.15, 0.2) is 10.7 Å². The van der Waals surface area contributed by atoms with Gasteiger partial charge in [-0.25, -0.2) is 13.8 Å². The van der Waals surface area contributed by atoms with Crippen LogP contribution >= 0.6 is 27.5 Å². The van der Waals surface area contributed by atoms with Gasteiger partial charge in [-0.05, 0) is 15.9 Å². The number of nitrogens with zero attached hydrogens (tertiary/aromatic N) is 2. The summed E-state index contributed by atoms with van der Waals surface area (Å²) in [5.41, 5.74) is -1.51. The second-order valence-corrected chi connectivity index (χ2v) is 3.36. The van der Waals surface area contributed by atoms with E-state index in [0.717, 1.165) is 6.07 Å². The first-order chi connectivity index (χ1) is 6.43. The molecule has 0 fully saturated rings. The third-order valence-corrected chi connectivity index (χ3v) is 2.17. The van der Waals surface area contributed by atoms with Gasteiger partial charge in [-0.2, -0.15) is 0 Å². The molecule has 0 amide bonds. The highest BCUT2D eigenvalue weighted by atomic mass is 79.9. The molecule has 0 aromatic carbocycles. The second kappa shape index (κ2) is 4.14. The highest BCUT2D eigenvalue weighted by molar-refractivity contribution is 9.10. The molecule has 0 aliphatic rings.